The maximum atomic E-state index is 12.9. The van der Waals surface area contributed by atoms with E-state index in [4.69, 9.17) is 11.2 Å². The average Bonchev–Trinajstić information content (AvgIpc) is 2.87. The van der Waals surface area contributed by atoms with Crippen molar-refractivity contribution < 1.29 is 14.3 Å². The predicted molar refractivity (Wildman–Crippen MR) is 146 cm³/mol. The Morgan fingerprint density at radius 2 is 1.31 bits per heavy atom. The van der Waals surface area contributed by atoms with Crippen LogP contribution in [0.25, 0.3) is 0 Å². The number of hydrogen-bond donors (Lipinski definition) is 2. The van der Waals surface area contributed by atoms with Gasteiger partial charge in [0.25, 0.3) is 11.8 Å². The standard InChI is InChI=1S/C30H44N2O3/c1-5-9-12-13-14-15-16-17-18-19-22-35-28-26(29(33)31-20-10-6-2)23-25(8-4)24-27(28)30(34)32-21-11-7-3/h4,6-7,23-24H,2-3,5,9-22H2,1H3,(H,31,33)(H,32,34). The van der Waals surface area contributed by atoms with Gasteiger partial charge in [-0.1, -0.05) is 82.8 Å². The van der Waals surface area contributed by atoms with Gasteiger partial charge in [0.2, 0.25) is 0 Å². The fourth-order valence-corrected chi connectivity index (χ4v) is 3.73. The Hall–Kier alpha value is -3.00. The summed E-state index contributed by atoms with van der Waals surface area (Å²) in [6.45, 7) is 10.9. The van der Waals surface area contributed by atoms with Crippen molar-refractivity contribution in [2.24, 2.45) is 0 Å². The van der Waals surface area contributed by atoms with Gasteiger partial charge in [0.15, 0.2) is 0 Å². The number of amides is 2. The average molecular weight is 481 g/mol. The number of carbonyl (C=O) groups excluding carboxylic acids is 2. The second kappa shape index (κ2) is 19.3. The van der Waals surface area contributed by atoms with E-state index in [2.05, 4.69) is 36.6 Å². The van der Waals surface area contributed by atoms with Crippen LogP contribution in [0.15, 0.2) is 37.4 Å². The topological polar surface area (TPSA) is 67.4 Å². The fourth-order valence-electron chi connectivity index (χ4n) is 3.73. The molecule has 0 atom stereocenters. The number of nitrogens with one attached hydrogen (secondary N) is 2. The van der Waals surface area contributed by atoms with Gasteiger partial charge >= 0.3 is 0 Å². The second-order valence-electron chi connectivity index (χ2n) is 8.74. The summed E-state index contributed by atoms with van der Waals surface area (Å²) in [4.78, 5) is 25.8. The smallest absolute Gasteiger partial charge is 0.255 e. The van der Waals surface area contributed by atoms with Gasteiger partial charge in [-0.25, -0.2) is 0 Å². The lowest BCUT2D eigenvalue weighted by Gasteiger charge is -2.17. The SMILES string of the molecule is C#Cc1cc(C(=O)NCCC=C)c(OCCCCCCCCCCCC)c(C(=O)NCCC=C)c1. The van der Waals surface area contributed by atoms with E-state index in [1.54, 1.807) is 24.3 Å². The Balaban J connectivity index is 2.81. The van der Waals surface area contributed by atoms with Crippen molar-refractivity contribution in [3.8, 4) is 18.1 Å². The molecule has 0 aliphatic carbocycles. The minimum absolute atomic E-state index is 0.283. The molecule has 0 bridgehead atoms. The summed E-state index contributed by atoms with van der Waals surface area (Å²) in [5.41, 5.74) is 1.02. The van der Waals surface area contributed by atoms with E-state index in [1.165, 1.54) is 44.9 Å². The van der Waals surface area contributed by atoms with E-state index in [0.717, 1.165) is 19.3 Å². The highest BCUT2D eigenvalue weighted by atomic mass is 16.5. The van der Waals surface area contributed by atoms with Gasteiger partial charge in [0.1, 0.15) is 5.75 Å². The predicted octanol–water partition coefficient (Wildman–Crippen LogP) is 6.58. The zero-order valence-electron chi connectivity index (χ0n) is 21.6. The van der Waals surface area contributed by atoms with E-state index in [-0.39, 0.29) is 28.7 Å². The maximum absolute atomic E-state index is 12.9. The molecule has 5 heteroatoms. The summed E-state index contributed by atoms with van der Waals surface area (Å²) in [5.74, 6) is 2.19. The van der Waals surface area contributed by atoms with E-state index in [1.807, 2.05) is 0 Å². The highest BCUT2D eigenvalue weighted by Gasteiger charge is 2.22. The minimum Gasteiger partial charge on any atom is -0.492 e. The van der Waals surface area contributed by atoms with Crippen LogP contribution in [0.1, 0.15) is 110 Å². The number of hydrogen-bond acceptors (Lipinski definition) is 3. The summed E-state index contributed by atoms with van der Waals surface area (Å²) in [6.07, 6.45) is 22.6. The number of unbranched alkanes of at least 4 members (excludes halogenated alkanes) is 9. The van der Waals surface area contributed by atoms with Crippen molar-refractivity contribution in [2.45, 2.75) is 84.0 Å². The van der Waals surface area contributed by atoms with Crippen molar-refractivity contribution in [3.05, 3.63) is 54.1 Å². The van der Waals surface area contributed by atoms with Crippen LogP contribution in [0.5, 0.6) is 5.75 Å². The van der Waals surface area contributed by atoms with Gasteiger partial charge in [0, 0.05) is 18.7 Å². The van der Waals surface area contributed by atoms with Crippen LogP contribution in [0.4, 0.5) is 0 Å². The van der Waals surface area contributed by atoms with Crippen molar-refractivity contribution in [3.63, 3.8) is 0 Å². The quantitative estimate of drug-likeness (QED) is 0.126. The fraction of sp³-hybridized carbons (Fsp3) is 0.533. The van der Waals surface area contributed by atoms with Crippen LogP contribution < -0.4 is 15.4 Å². The molecule has 0 radical (unpaired) electrons. The van der Waals surface area contributed by atoms with Crippen molar-refractivity contribution in [1.29, 1.82) is 0 Å². The molecule has 192 valence electrons. The molecule has 35 heavy (non-hydrogen) atoms. The van der Waals surface area contributed by atoms with Crippen LogP contribution in [0.2, 0.25) is 0 Å². The number of rotatable bonds is 20. The molecule has 0 saturated heterocycles. The third-order valence-electron chi connectivity index (χ3n) is 5.76. The Bertz CT molecular complexity index is 791. The number of benzene rings is 1. The normalized spacial score (nSPS) is 10.3. The highest BCUT2D eigenvalue weighted by molar-refractivity contribution is 6.04. The molecule has 0 unspecified atom stereocenters. The molecule has 5 nitrogen and oxygen atoms in total. The molecule has 1 aromatic carbocycles. The summed E-state index contributed by atoms with van der Waals surface area (Å²) in [6, 6.07) is 3.22. The number of terminal acetylenes is 1. The van der Waals surface area contributed by atoms with Crippen LogP contribution in [-0.2, 0) is 0 Å². The van der Waals surface area contributed by atoms with E-state index in [0.29, 0.717) is 38.1 Å². The molecular formula is C30H44N2O3. The molecule has 2 N–H and O–H groups in total. The molecule has 0 aromatic heterocycles. The minimum atomic E-state index is -0.317. The lowest BCUT2D eigenvalue weighted by Crippen LogP contribution is -2.28. The van der Waals surface area contributed by atoms with Crippen LogP contribution in [-0.4, -0.2) is 31.5 Å². The summed E-state index contributed by atoms with van der Waals surface area (Å²) in [7, 11) is 0. The van der Waals surface area contributed by atoms with Crippen LogP contribution in [0, 0.1) is 12.3 Å². The van der Waals surface area contributed by atoms with Crippen molar-refractivity contribution in [2.75, 3.05) is 19.7 Å². The van der Waals surface area contributed by atoms with Crippen LogP contribution in [0.3, 0.4) is 0 Å². The third kappa shape index (κ3) is 12.3. The molecule has 0 saturated carbocycles. The summed E-state index contributed by atoms with van der Waals surface area (Å²) in [5, 5.41) is 5.70. The largest absolute Gasteiger partial charge is 0.492 e. The monoisotopic (exact) mass is 480 g/mol. The lowest BCUT2D eigenvalue weighted by molar-refractivity contribution is 0.0946. The Labute approximate surface area is 212 Å². The summed E-state index contributed by atoms with van der Waals surface area (Å²) >= 11 is 0. The zero-order valence-corrected chi connectivity index (χ0v) is 21.6. The van der Waals surface area contributed by atoms with Gasteiger partial charge < -0.3 is 15.4 Å². The lowest BCUT2D eigenvalue weighted by atomic mass is 10.0. The zero-order chi connectivity index (χ0) is 25.7. The van der Waals surface area contributed by atoms with Gasteiger partial charge in [0.05, 0.1) is 17.7 Å². The van der Waals surface area contributed by atoms with E-state index in [9.17, 15) is 9.59 Å². The van der Waals surface area contributed by atoms with Gasteiger partial charge in [-0.05, 0) is 31.4 Å². The van der Waals surface area contributed by atoms with E-state index >= 15 is 0 Å². The van der Waals surface area contributed by atoms with Crippen LogP contribution >= 0.6 is 0 Å². The number of ether oxygens (including phenoxy) is 1. The molecule has 1 aromatic rings. The number of carbonyl (C=O) groups is 2. The Kier molecular flexibility index (Phi) is 16.6. The molecule has 0 fully saturated rings. The Morgan fingerprint density at radius 1 is 0.857 bits per heavy atom. The third-order valence-corrected chi connectivity index (χ3v) is 5.76. The highest BCUT2D eigenvalue weighted by Crippen LogP contribution is 2.27. The second-order valence-corrected chi connectivity index (χ2v) is 8.74. The molecular weight excluding hydrogens is 436 g/mol. The molecule has 2 amide bonds. The first-order chi connectivity index (χ1) is 17.1. The first kappa shape index (κ1) is 30.0. The van der Waals surface area contributed by atoms with Crippen molar-refractivity contribution in [1.82, 2.24) is 10.6 Å². The van der Waals surface area contributed by atoms with E-state index < -0.39 is 0 Å². The van der Waals surface area contributed by atoms with Crippen molar-refractivity contribution >= 4 is 11.8 Å². The first-order valence-electron chi connectivity index (χ1n) is 13.1. The van der Waals surface area contributed by atoms with Gasteiger partial charge in [-0.3, -0.25) is 9.59 Å². The molecule has 0 aliphatic heterocycles. The van der Waals surface area contributed by atoms with Gasteiger partial charge in [-0.15, -0.1) is 19.6 Å². The molecule has 0 spiro atoms. The Morgan fingerprint density at radius 3 is 1.74 bits per heavy atom. The maximum Gasteiger partial charge on any atom is 0.255 e. The molecule has 1 rings (SSSR count). The molecule has 0 heterocycles. The first-order valence-corrected chi connectivity index (χ1v) is 13.1. The molecule has 0 aliphatic rings. The summed E-state index contributed by atoms with van der Waals surface area (Å²) < 4.78 is 6.06. The van der Waals surface area contributed by atoms with Gasteiger partial charge in [-0.2, -0.15) is 0 Å².